The zero-order valence-corrected chi connectivity index (χ0v) is 8.56. The fourth-order valence-corrected chi connectivity index (χ4v) is 0.788. The lowest BCUT2D eigenvalue weighted by molar-refractivity contribution is -0.148. The van der Waals surface area contributed by atoms with Crippen LogP contribution in [0.4, 0.5) is 0 Å². The van der Waals surface area contributed by atoms with Crippen molar-refractivity contribution in [2.75, 3.05) is 0 Å². The van der Waals surface area contributed by atoms with Crippen molar-refractivity contribution in [2.24, 2.45) is 5.41 Å². The molecule has 0 fully saturated rings. The molecule has 0 aliphatic heterocycles. The van der Waals surface area contributed by atoms with Crippen LogP contribution in [0.3, 0.4) is 0 Å². The van der Waals surface area contributed by atoms with Gasteiger partial charge >= 0.3 is 11.9 Å². The first-order chi connectivity index (χ1) is 5.36. The number of carboxylic acid groups (broad SMARTS) is 2. The van der Waals surface area contributed by atoms with Gasteiger partial charge in [0.25, 0.3) is 0 Å². The van der Waals surface area contributed by atoms with Crippen LogP contribution in [-0.4, -0.2) is 22.2 Å². The molecule has 13 heavy (non-hydrogen) atoms. The third-order valence-corrected chi connectivity index (χ3v) is 1.77. The Balaban J connectivity index is 0. The van der Waals surface area contributed by atoms with E-state index in [0.29, 0.717) is 12.8 Å². The zero-order valence-electron chi connectivity index (χ0n) is 7.74. The number of hydrogen-bond acceptors (Lipinski definition) is 2. The molecule has 0 aliphatic carbocycles. The van der Waals surface area contributed by atoms with Crippen molar-refractivity contribution in [1.82, 2.24) is 0 Å². The van der Waals surface area contributed by atoms with Crippen LogP contribution < -0.4 is 0 Å². The highest BCUT2D eigenvalue weighted by Gasteiger charge is 2.26. The molecule has 0 radical (unpaired) electrons. The average Bonchev–Trinajstić information content (AvgIpc) is 1.85. The maximum Gasteiger partial charge on any atom is 0.309 e. The molecule has 0 saturated heterocycles. The summed E-state index contributed by atoms with van der Waals surface area (Å²) >= 11 is 0. The van der Waals surface area contributed by atoms with Gasteiger partial charge in [0.2, 0.25) is 0 Å². The van der Waals surface area contributed by atoms with Crippen LogP contribution in [0.25, 0.3) is 0 Å². The van der Waals surface area contributed by atoms with Crippen molar-refractivity contribution in [3.8, 4) is 0 Å². The lowest BCUT2D eigenvalue weighted by atomic mass is 9.87. The molecule has 0 saturated carbocycles. The standard InChI is InChI=1S/C8H14O4.ClH/c1-8(2,7(11)12)5-3-4-6(9)10;/h3-5H2,1-2H3,(H,9,10)(H,11,12);1H. The molecule has 0 aliphatic rings. The third-order valence-electron chi connectivity index (χ3n) is 1.77. The molecule has 0 aromatic heterocycles. The van der Waals surface area contributed by atoms with Gasteiger partial charge in [-0.1, -0.05) is 0 Å². The summed E-state index contributed by atoms with van der Waals surface area (Å²) in [6.07, 6.45) is 0.847. The number of carbonyl (C=O) groups is 2. The molecule has 0 aromatic rings. The highest BCUT2D eigenvalue weighted by molar-refractivity contribution is 5.85. The van der Waals surface area contributed by atoms with Crippen molar-refractivity contribution >= 4 is 24.3 Å². The van der Waals surface area contributed by atoms with Gasteiger partial charge in [0.1, 0.15) is 0 Å². The van der Waals surface area contributed by atoms with Crippen molar-refractivity contribution < 1.29 is 19.8 Å². The quantitative estimate of drug-likeness (QED) is 0.725. The molecule has 0 spiro atoms. The van der Waals surface area contributed by atoms with E-state index >= 15 is 0 Å². The Morgan fingerprint density at radius 2 is 1.69 bits per heavy atom. The predicted molar refractivity (Wildman–Crippen MR) is 50.2 cm³/mol. The molecular formula is C8H15ClO4. The minimum atomic E-state index is -0.882. The van der Waals surface area contributed by atoms with E-state index < -0.39 is 17.4 Å². The summed E-state index contributed by atoms with van der Waals surface area (Å²) in [5.41, 5.74) is -0.810. The molecule has 0 bridgehead atoms. The van der Waals surface area contributed by atoms with Crippen LogP contribution >= 0.6 is 12.4 Å². The van der Waals surface area contributed by atoms with Gasteiger partial charge in [0.05, 0.1) is 5.41 Å². The van der Waals surface area contributed by atoms with Gasteiger partial charge in [0.15, 0.2) is 0 Å². The Kier molecular flexibility index (Phi) is 6.58. The van der Waals surface area contributed by atoms with Gasteiger partial charge in [-0.3, -0.25) is 9.59 Å². The first-order valence-electron chi connectivity index (χ1n) is 3.81. The van der Waals surface area contributed by atoms with Crippen LogP contribution in [0.15, 0.2) is 0 Å². The van der Waals surface area contributed by atoms with Crippen LogP contribution in [0.2, 0.25) is 0 Å². The van der Waals surface area contributed by atoms with Crippen molar-refractivity contribution in [3.05, 3.63) is 0 Å². The molecule has 4 nitrogen and oxygen atoms in total. The molecular weight excluding hydrogens is 196 g/mol. The number of aliphatic carboxylic acids is 2. The minimum Gasteiger partial charge on any atom is -0.481 e. The number of carboxylic acids is 2. The number of halogens is 1. The fourth-order valence-electron chi connectivity index (χ4n) is 0.788. The third kappa shape index (κ3) is 6.40. The fraction of sp³-hybridized carbons (Fsp3) is 0.750. The predicted octanol–water partition coefficient (Wildman–Crippen LogP) is 1.77. The highest BCUT2D eigenvalue weighted by atomic mass is 35.5. The maximum absolute atomic E-state index is 10.5. The highest BCUT2D eigenvalue weighted by Crippen LogP contribution is 2.22. The lowest BCUT2D eigenvalue weighted by Gasteiger charge is -2.17. The van der Waals surface area contributed by atoms with Gasteiger partial charge < -0.3 is 10.2 Å². The first kappa shape index (κ1) is 14.7. The second-order valence-corrected chi connectivity index (χ2v) is 3.44. The second kappa shape index (κ2) is 5.80. The van der Waals surface area contributed by atoms with Crippen molar-refractivity contribution in [2.45, 2.75) is 33.1 Å². The van der Waals surface area contributed by atoms with E-state index in [1.165, 1.54) is 0 Å². The van der Waals surface area contributed by atoms with E-state index in [1.54, 1.807) is 13.8 Å². The van der Waals surface area contributed by atoms with E-state index in [4.69, 9.17) is 10.2 Å². The molecule has 0 unspecified atom stereocenters. The van der Waals surface area contributed by atoms with Gasteiger partial charge in [-0.2, -0.15) is 0 Å². The van der Waals surface area contributed by atoms with Gasteiger partial charge in [0, 0.05) is 6.42 Å². The molecule has 0 aromatic carbocycles. The van der Waals surface area contributed by atoms with E-state index in [1.807, 2.05) is 0 Å². The largest absolute Gasteiger partial charge is 0.481 e. The van der Waals surface area contributed by atoms with Crippen molar-refractivity contribution in [1.29, 1.82) is 0 Å². The van der Waals surface area contributed by atoms with Gasteiger partial charge in [-0.05, 0) is 26.7 Å². The first-order valence-corrected chi connectivity index (χ1v) is 3.81. The summed E-state index contributed by atoms with van der Waals surface area (Å²) < 4.78 is 0. The molecule has 2 N–H and O–H groups in total. The Hall–Kier alpha value is -0.770. The summed E-state index contributed by atoms with van der Waals surface area (Å²) in [5.74, 6) is -1.76. The van der Waals surface area contributed by atoms with Crippen molar-refractivity contribution in [3.63, 3.8) is 0 Å². The van der Waals surface area contributed by atoms with Gasteiger partial charge in [-0.15, -0.1) is 12.4 Å². The normalized spacial score (nSPS) is 10.3. The van der Waals surface area contributed by atoms with E-state index in [9.17, 15) is 9.59 Å². The average molecular weight is 211 g/mol. The smallest absolute Gasteiger partial charge is 0.309 e. The zero-order chi connectivity index (χ0) is 9.78. The minimum absolute atomic E-state index is 0. The molecule has 0 amide bonds. The number of hydrogen-bond donors (Lipinski definition) is 2. The van der Waals surface area contributed by atoms with Crippen LogP contribution in [0.1, 0.15) is 33.1 Å². The second-order valence-electron chi connectivity index (χ2n) is 3.44. The Bertz CT molecular complexity index is 189. The Morgan fingerprint density at radius 1 is 1.23 bits per heavy atom. The molecule has 0 atom stereocenters. The Morgan fingerprint density at radius 3 is 2.00 bits per heavy atom. The molecule has 78 valence electrons. The molecule has 0 heterocycles. The van der Waals surface area contributed by atoms with E-state index in [-0.39, 0.29) is 18.8 Å². The lowest BCUT2D eigenvalue weighted by Crippen LogP contribution is -2.23. The summed E-state index contributed by atoms with van der Waals surface area (Å²) in [4.78, 5) is 20.7. The molecule has 5 heteroatoms. The van der Waals surface area contributed by atoms with E-state index in [0.717, 1.165) is 0 Å². The van der Waals surface area contributed by atoms with Crippen LogP contribution in [0, 0.1) is 5.41 Å². The number of rotatable bonds is 5. The van der Waals surface area contributed by atoms with Crippen LogP contribution in [-0.2, 0) is 9.59 Å². The topological polar surface area (TPSA) is 74.6 Å². The summed E-state index contributed by atoms with van der Waals surface area (Å²) in [7, 11) is 0. The summed E-state index contributed by atoms with van der Waals surface area (Å²) in [5, 5.41) is 17.0. The van der Waals surface area contributed by atoms with E-state index in [2.05, 4.69) is 0 Å². The summed E-state index contributed by atoms with van der Waals surface area (Å²) in [6.45, 7) is 3.19. The van der Waals surface area contributed by atoms with Gasteiger partial charge in [-0.25, -0.2) is 0 Å². The van der Waals surface area contributed by atoms with Crippen LogP contribution in [0.5, 0.6) is 0 Å². The maximum atomic E-state index is 10.5. The Labute approximate surface area is 83.4 Å². The summed E-state index contributed by atoms with van der Waals surface area (Å²) in [6, 6.07) is 0. The SMILES string of the molecule is CC(C)(CCCC(=O)O)C(=O)O.Cl. The molecule has 0 rings (SSSR count). The monoisotopic (exact) mass is 210 g/mol.